The van der Waals surface area contributed by atoms with Crippen molar-refractivity contribution in [3.05, 3.63) is 24.3 Å². The lowest BCUT2D eigenvalue weighted by molar-refractivity contribution is 0.0173. The first kappa shape index (κ1) is 16.4. The zero-order chi connectivity index (χ0) is 15.7. The molecule has 1 heterocycles. The van der Waals surface area contributed by atoms with E-state index in [1.54, 1.807) is 0 Å². The molecular formula is C12H18N2O5S2. The molecule has 0 aliphatic carbocycles. The van der Waals surface area contributed by atoms with E-state index >= 15 is 0 Å². The first-order valence-corrected chi connectivity index (χ1v) is 9.49. The van der Waals surface area contributed by atoms with Gasteiger partial charge in [0.1, 0.15) is 9.79 Å². The van der Waals surface area contributed by atoms with Crippen molar-refractivity contribution in [2.24, 2.45) is 5.14 Å². The molecule has 2 rings (SSSR count). The lowest BCUT2D eigenvalue weighted by Crippen LogP contribution is -2.41. The van der Waals surface area contributed by atoms with Crippen molar-refractivity contribution in [3.8, 4) is 0 Å². The first-order valence-electron chi connectivity index (χ1n) is 6.46. The van der Waals surface area contributed by atoms with Crippen molar-refractivity contribution in [3.63, 3.8) is 0 Å². The second-order valence-corrected chi connectivity index (χ2v) is 8.23. The molecule has 1 aromatic carbocycles. The van der Waals surface area contributed by atoms with Gasteiger partial charge in [0.15, 0.2) is 0 Å². The fraction of sp³-hybridized carbons (Fsp3) is 0.500. The number of ether oxygens (including phenoxy) is 1. The van der Waals surface area contributed by atoms with Crippen molar-refractivity contribution < 1.29 is 21.6 Å². The summed E-state index contributed by atoms with van der Waals surface area (Å²) >= 11 is 0. The molecule has 1 aromatic rings. The summed E-state index contributed by atoms with van der Waals surface area (Å²) < 4.78 is 55.7. The van der Waals surface area contributed by atoms with Crippen LogP contribution in [0.1, 0.15) is 19.8 Å². The van der Waals surface area contributed by atoms with Crippen molar-refractivity contribution in [1.82, 2.24) is 4.72 Å². The van der Waals surface area contributed by atoms with Crippen molar-refractivity contribution >= 4 is 20.0 Å². The minimum Gasteiger partial charge on any atom is -0.378 e. The normalized spacial score (nSPS) is 23.9. The summed E-state index contributed by atoms with van der Waals surface area (Å²) in [6.07, 6.45) is 1.04. The molecule has 0 saturated carbocycles. The molecule has 0 bridgehead atoms. The first-order chi connectivity index (χ1) is 9.70. The Kier molecular flexibility index (Phi) is 4.69. The number of nitrogens with two attached hydrogens (primary N) is 1. The number of hydrogen-bond acceptors (Lipinski definition) is 5. The van der Waals surface area contributed by atoms with Gasteiger partial charge < -0.3 is 4.74 Å². The fourth-order valence-electron chi connectivity index (χ4n) is 2.30. The summed E-state index contributed by atoms with van der Waals surface area (Å²) in [5, 5.41) is 5.07. The summed E-state index contributed by atoms with van der Waals surface area (Å²) in [4.78, 5) is -0.732. The van der Waals surface area contributed by atoms with E-state index in [0.29, 0.717) is 19.4 Å². The lowest BCUT2D eigenvalue weighted by Gasteiger charge is -2.27. The fourth-order valence-corrected chi connectivity index (χ4v) is 4.96. The average Bonchev–Trinajstić information content (AvgIpc) is 2.37. The molecule has 21 heavy (non-hydrogen) atoms. The van der Waals surface area contributed by atoms with Gasteiger partial charge in [0, 0.05) is 12.6 Å². The van der Waals surface area contributed by atoms with Crippen LogP contribution in [-0.2, 0) is 24.8 Å². The molecule has 2 unspecified atom stereocenters. The largest absolute Gasteiger partial charge is 0.378 e. The van der Waals surface area contributed by atoms with Crippen LogP contribution in [0.25, 0.3) is 0 Å². The zero-order valence-corrected chi connectivity index (χ0v) is 13.2. The van der Waals surface area contributed by atoms with Gasteiger partial charge in [-0.3, -0.25) is 0 Å². The average molecular weight is 334 g/mol. The predicted octanol–water partition coefficient (Wildman–Crippen LogP) is 0.180. The molecule has 1 saturated heterocycles. The van der Waals surface area contributed by atoms with Gasteiger partial charge in [-0.25, -0.2) is 26.7 Å². The van der Waals surface area contributed by atoms with Gasteiger partial charge in [-0.2, -0.15) is 0 Å². The SMILES string of the molecule is CC1CC(NS(=O)(=O)c2ccccc2S(N)(=O)=O)CCO1. The standard InChI is InChI=1S/C12H18N2O5S2/c1-9-8-10(6-7-19-9)14-21(17,18)12-5-3-2-4-11(12)20(13,15)16/h2-5,9-10,14H,6-8H2,1H3,(H2,13,15,16). The van der Waals surface area contributed by atoms with E-state index in [0.717, 1.165) is 0 Å². The van der Waals surface area contributed by atoms with Crippen LogP contribution in [-0.4, -0.2) is 35.6 Å². The number of rotatable bonds is 4. The topological polar surface area (TPSA) is 116 Å². The third kappa shape index (κ3) is 4.01. The minimum atomic E-state index is -4.11. The molecule has 1 fully saturated rings. The Labute approximate surface area is 124 Å². The molecular weight excluding hydrogens is 316 g/mol. The van der Waals surface area contributed by atoms with Gasteiger partial charge in [-0.15, -0.1) is 0 Å². The Balaban J connectivity index is 2.32. The Bertz CT molecular complexity index is 715. The van der Waals surface area contributed by atoms with Gasteiger partial charge in [0.25, 0.3) is 0 Å². The van der Waals surface area contributed by atoms with Gasteiger partial charge in [-0.1, -0.05) is 12.1 Å². The van der Waals surface area contributed by atoms with E-state index in [4.69, 9.17) is 9.88 Å². The van der Waals surface area contributed by atoms with Crippen LogP contribution in [0.3, 0.4) is 0 Å². The molecule has 7 nitrogen and oxygen atoms in total. The van der Waals surface area contributed by atoms with Crippen molar-refractivity contribution in [2.75, 3.05) is 6.61 Å². The molecule has 0 spiro atoms. The quantitative estimate of drug-likeness (QED) is 0.815. The molecule has 2 atom stereocenters. The third-order valence-electron chi connectivity index (χ3n) is 3.25. The summed E-state index contributed by atoms with van der Waals surface area (Å²) in [5.41, 5.74) is 0. The molecule has 1 aliphatic heterocycles. The van der Waals surface area contributed by atoms with Gasteiger partial charge in [0.05, 0.1) is 6.10 Å². The lowest BCUT2D eigenvalue weighted by atomic mass is 10.1. The van der Waals surface area contributed by atoms with Crippen molar-refractivity contribution in [1.29, 1.82) is 0 Å². The van der Waals surface area contributed by atoms with Crippen LogP contribution in [0.5, 0.6) is 0 Å². The van der Waals surface area contributed by atoms with Crippen LogP contribution in [0.4, 0.5) is 0 Å². The smallest absolute Gasteiger partial charge is 0.242 e. The van der Waals surface area contributed by atoms with Gasteiger partial charge >= 0.3 is 0 Å². The van der Waals surface area contributed by atoms with E-state index in [1.165, 1.54) is 24.3 Å². The Morgan fingerprint density at radius 2 is 1.81 bits per heavy atom. The van der Waals surface area contributed by atoms with Crippen LogP contribution >= 0.6 is 0 Å². The maximum atomic E-state index is 12.4. The molecule has 0 amide bonds. The summed E-state index contributed by atoms with van der Waals surface area (Å²) in [6, 6.07) is 5.00. The van der Waals surface area contributed by atoms with E-state index in [-0.39, 0.29) is 17.0 Å². The molecule has 1 aliphatic rings. The maximum absolute atomic E-state index is 12.4. The Morgan fingerprint density at radius 1 is 1.19 bits per heavy atom. The Morgan fingerprint density at radius 3 is 2.38 bits per heavy atom. The van der Waals surface area contributed by atoms with E-state index in [2.05, 4.69) is 4.72 Å². The summed E-state index contributed by atoms with van der Waals surface area (Å²) in [6.45, 7) is 2.32. The number of hydrogen-bond donors (Lipinski definition) is 2. The summed E-state index contributed by atoms with van der Waals surface area (Å²) in [7, 11) is -8.07. The summed E-state index contributed by atoms with van der Waals surface area (Å²) in [5.74, 6) is 0. The van der Waals surface area contributed by atoms with E-state index < -0.39 is 24.9 Å². The van der Waals surface area contributed by atoms with E-state index in [1.807, 2.05) is 6.92 Å². The van der Waals surface area contributed by atoms with E-state index in [9.17, 15) is 16.8 Å². The van der Waals surface area contributed by atoms with Crippen LogP contribution in [0, 0.1) is 0 Å². The zero-order valence-electron chi connectivity index (χ0n) is 11.5. The Hall–Kier alpha value is -1.00. The highest BCUT2D eigenvalue weighted by atomic mass is 32.2. The van der Waals surface area contributed by atoms with Crippen LogP contribution in [0.2, 0.25) is 0 Å². The molecule has 0 aromatic heterocycles. The highest BCUT2D eigenvalue weighted by molar-refractivity contribution is 7.92. The maximum Gasteiger partial charge on any atom is 0.242 e. The molecule has 3 N–H and O–H groups in total. The third-order valence-corrected chi connectivity index (χ3v) is 5.93. The second-order valence-electron chi connectivity index (χ2n) is 5.02. The molecule has 118 valence electrons. The van der Waals surface area contributed by atoms with Crippen LogP contribution in [0.15, 0.2) is 34.1 Å². The number of nitrogens with one attached hydrogen (secondary N) is 1. The molecule has 9 heteroatoms. The van der Waals surface area contributed by atoms with Gasteiger partial charge in [-0.05, 0) is 31.9 Å². The number of sulfonamides is 2. The highest BCUT2D eigenvalue weighted by Crippen LogP contribution is 2.21. The van der Waals surface area contributed by atoms with Crippen LogP contribution < -0.4 is 9.86 Å². The van der Waals surface area contributed by atoms with Gasteiger partial charge in [0.2, 0.25) is 20.0 Å². The number of benzene rings is 1. The number of primary sulfonamides is 1. The minimum absolute atomic E-state index is 0.0417. The highest BCUT2D eigenvalue weighted by Gasteiger charge is 2.28. The predicted molar refractivity (Wildman–Crippen MR) is 76.6 cm³/mol. The monoisotopic (exact) mass is 334 g/mol. The molecule has 0 radical (unpaired) electrons. The van der Waals surface area contributed by atoms with Crippen molar-refractivity contribution in [2.45, 2.75) is 41.7 Å². The second kappa shape index (κ2) is 6.01.